The molecule has 2 atom stereocenters. The van der Waals surface area contributed by atoms with E-state index in [-0.39, 0.29) is 24.5 Å². The molecule has 1 amide bonds. The summed E-state index contributed by atoms with van der Waals surface area (Å²) in [6.07, 6.45) is 4.13. The summed E-state index contributed by atoms with van der Waals surface area (Å²) in [5.74, 6) is 0.847. The number of para-hydroxylation sites is 1. The largest absolute Gasteiger partial charge is 0.394 e. The highest BCUT2D eigenvalue weighted by atomic mass is 16.3. The zero-order valence-electron chi connectivity index (χ0n) is 14.0. The highest BCUT2D eigenvalue weighted by Crippen LogP contribution is 2.27. The fraction of sp³-hybridized carbons (Fsp3) is 0.500. The maximum absolute atomic E-state index is 12.5. The molecule has 2 heterocycles. The number of carbonyl (C=O) groups is 1. The van der Waals surface area contributed by atoms with Gasteiger partial charge < -0.3 is 15.3 Å². The molecule has 1 aromatic carbocycles. The molecule has 0 spiro atoms. The maximum Gasteiger partial charge on any atom is 0.225 e. The third-order valence-electron chi connectivity index (χ3n) is 4.67. The summed E-state index contributed by atoms with van der Waals surface area (Å²) in [6.45, 7) is 3.48. The molecule has 24 heavy (non-hydrogen) atoms. The van der Waals surface area contributed by atoms with Gasteiger partial charge in [-0.05, 0) is 31.4 Å². The number of benzene rings is 1. The first kappa shape index (κ1) is 16.6. The topological polar surface area (TPSA) is 78.4 Å². The van der Waals surface area contributed by atoms with Gasteiger partial charge in [-0.15, -0.1) is 0 Å². The number of fused-ring (bicyclic) bond motifs is 1. The Morgan fingerprint density at radius 2 is 2.25 bits per heavy atom. The van der Waals surface area contributed by atoms with E-state index in [2.05, 4.69) is 20.2 Å². The molecule has 6 nitrogen and oxygen atoms in total. The van der Waals surface area contributed by atoms with Crippen LogP contribution in [0.1, 0.15) is 26.2 Å². The van der Waals surface area contributed by atoms with Crippen molar-refractivity contribution in [3.05, 3.63) is 30.6 Å². The van der Waals surface area contributed by atoms with Crippen LogP contribution in [-0.2, 0) is 4.79 Å². The molecule has 1 fully saturated rings. The molecule has 1 aromatic heterocycles. The molecule has 0 saturated carbocycles. The molecule has 2 unspecified atom stereocenters. The number of rotatable bonds is 5. The third kappa shape index (κ3) is 3.48. The van der Waals surface area contributed by atoms with Gasteiger partial charge in [-0.2, -0.15) is 0 Å². The number of anilines is 1. The number of amides is 1. The van der Waals surface area contributed by atoms with Gasteiger partial charge in [-0.25, -0.2) is 9.97 Å². The van der Waals surface area contributed by atoms with Crippen molar-refractivity contribution in [3.8, 4) is 0 Å². The first-order valence-corrected chi connectivity index (χ1v) is 8.58. The molecule has 2 N–H and O–H groups in total. The number of carbonyl (C=O) groups excluding carboxylic acids is 1. The van der Waals surface area contributed by atoms with Crippen LogP contribution in [0.2, 0.25) is 0 Å². The number of piperidine rings is 1. The van der Waals surface area contributed by atoms with Crippen molar-refractivity contribution in [2.24, 2.45) is 5.92 Å². The monoisotopic (exact) mass is 328 g/mol. The quantitative estimate of drug-likeness (QED) is 0.874. The van der Waals surface area contributed by atoms with Crippen LogP contribution in [0.3, 0.4) is 0 Å². The lowest BCUT2D eigenvalue weighted by Gasteiger charge is -2.34. The van der Waals surface area contributed by atoms with Crippen LogP contribution in [0.5, 0.6) is 0 Å². The molecule has 0 aliphatic carbocycles. The lowest BCUT2D eigenvalue weighted by Crippen LogP contribution is -2.47. The van der Waals surface area contributed by atoms with Crippen molar-refractivity contribution in [2.45, 2.75) is 32.2 Å². The lowest BCUT2D eigenvalue weighted by atomic mass is 9.96. The Morgan fingerprint density at radius 3 is 3.04 bits per heavy atom. The second kappa shape index (κ2) is 7.57. The van der Waals surface area contributed by atoms with Crippen molar-refractivity contribution in [3.63, 3.8) is 0 Å². The summed E-state index contributed by atoms with van der Waals surface area (Å²) < 4.78 is 0. The van der Waals surface area contributed by atoms with Crippen LogP contribution < -0.4 is 10.2 Å². The Hall–Kier alpha value is -2.21. The average molecular weight is 328 g/mol. The Balaban J connectivity index is 1.76. The number of aromatic nitrogens is 2. The Labute approximate surface area is 141 Å². The fourth-order valence-electron chi connectivity index (χ4n) is 3.22. The molecule has 2 aromatic rings. The molecular formula is C18H24N4O2. The number of hydrogen-bond acceptors (Lipinski definition) is 5. The van der Waals surface area contributed by atoms with Gasteiger partial charge in [0, 0.05) is 18.5 Å². The molecule has 1 saturated heterocycles. The first-order chi connectivity index (χ1) is 11.7. The van der Waals surface area contributed by atoms with Gasteiger partial charge >= 0.3 is 0 Å². The molecule has 128 valence electrons. The molecule has 3 rings (SSSR count). The standard InChI is InChI=1S/C18H24N4O2/c1-2-14(11-23)21-18(24)13-6-5-9-22(10-13)17-15-7-3-4-8-16(15)19-12-20-17/h3-4,7-8,12-14,23H,2,5-6,9-11H2,1H3,(H,21,24). The fourth-order valence-corrected chi connectivity index (χ4v) is 3.22. The number of hydrogen-bond donors (Lipinski definition) is 2. The van der Waals surface area contributed by atoms with Crippen molar-refractivity contribution in [1.82, 2.24) is 15.3 Å². The summed E-state index contributed by atoms with van der Waals surface area (Å²) in [7, 11) is 0. The second-order valence-corrected chi connectivity index (χ2v) is 6.30. The summed E-state index contributed by atoms with van der Waals surface area (Å²) in [5.41, 5.74) is 0.917. The van der Waals surface area contributed by atoms with Crippen LogP contribution in [-0.4, -0.2) is 46.7 Å². The van der Waals surface area contributed by atoms with E-state index in [1.54, 1.807) is 6.33 Å². The van der Waals surface area contributed by atoms with Gasteiger partial charge in [0.2, 0.25) is 5.91 Å². The minimum absolute atomic E-state index is 0.0186. The van der Waals surface area contributed by atoms with Gasteiger partial charge in [0.05, 0.1) is 24.1 Å². The molecule has 1 aliphatic rings. The van der Waals surface area contributed by atoms with E-state index in [0.717, 1.165) is 42.5 Å². The minimum atomic E-state index is -0.159. The Bertz CT molecular complexity index is 697. The zero-order valence-corrected chi connectivity index (χ0v) is 14.0. The van der Waals surface area contributed by atoms with E-state index in [4.69, 9.17) is 0 Å². The van der Waals surface area contributed by atoms with Gasteiger partial charge in [0.25, 0.3) is 0 Å². The first-order valence-electron chi connectivity index (χ1n) is 8.58. The zero-order chi connectivity index (χ0) is 16.9. The number of aliphatic hydroxyl groups is 1. The van der Waals surface area contributed by atoms with E-state index in [0.29, 0.717) is 6.54 Å². The normalized spacial score (nSPS) is 19.2. The lowest BCUT2D eigenvalue weighted by molar-refractivity contribution is -0.126. The van der Waals surface area contributed by atoms with Gasteiger partial charge in [-0.1, -0.05) is 19.1 Å². The average Bonchev–Trinajstić information content (AvgIpc) is 2.65. The molecule has 0 bridgehead atoms. The van der Waals surface area contributed by atoms with Crippen LogP contribution in [0.4, 0.5) is 5.82 Å². The maximum atomic E-state index is 12.5. The minimum Gasteiger partial charge on any atom is -0.394 e. The SMILES string of the molecule is CCC(CO)NC(=O)C1CCCN(c2ncnc3ccccc23)C1. The smallest absolute Gasteiger partial charge is 0.225 e. The van der Waals surface area contributed by atoms with E-state index in [1.165, 1.54) is 0 Å². The molecular weight excluding hydrogens is 304 g/mol. The van der Waals surface area contributed by atoms with E-state index >= 15 is 0 Å². The summed E-state index contributed by atoms with van der Waals surface area (Å²) in [4.78, 5) is 23.4. The van der Waals surface area contributed by atoms with Crippen molar-refractivity contribution >= 4 is 22.6 Å². The number of aliphatic hydroxyl groups excluding tert-OH is 1. The van der Waals surface area contributed by atoms with Gasteiger partial charge in [0.15, 0.2) is 0 Å². The highest BCUT2D eigenvalue weighted by Gasteiger charge is 2.28. The Morgan fingerprint density at radius 1 is 1.42 bits per heavy atom. The summed E-state index contributed by atoms with van der Waals surface area (Å²) in [5, 5.41) is 13.2. The molecule has 1 aliphatic heterocycles. The van der Waals surface area contributed by atoms with E-state index < -0.39 is 0 Å². The Kier molecular flexibility index (Phi) is 5.25. The summed E-state index contributed by atoms with van der Waals surface area (Å²) in [6, 6.07) is 7.78. The van der Waals surface area contributed by atoms with Crippen molar-refractivity contribution in [2.75, 3.05) is 24.6 Å². The predicted molar refractivity (Wildman–Crippen MR) is 93.8 cm³/mol. The van der Waals surface area contributed by atoms with Gasteiger partial charge in [0.1, 0.15) is 12.1 Å². The highest BCUT2D eigenvalue weighted by molar-refractivity contribution is 5.89. The second-order valence-electron chi connectivity index (χ2n) is 6.30. The molecule has 0 radical (unpaired) electrons. The van der Waals surface area contributed by atoms with Crippen LogP contribution in [0.25, 0.3) is 10.9 Å². The third-order valence-corrected chi connectivity index (χ3v) is 4.67. The van der Waals surface area contributed by atoms with E-state index in [9.17, 15) is 9.90 Å². The van der Waals surface area contributed by atoms with Crippen LogP contribution in [0, 0.1) is 5.92 Å². The summed E-state index contributed by atoms with van der Waals surface area (Å²) >= 11 is 0. The van der Waals surface area contributed by atoms with Crippen LogP contribution >= 0.6 is 0 Å². The van der Waals surface area contributed by atoms with Crippen LogP contribution in [0.15, 0.2) is 30.6 Å². The molecule has 6 heteroatoms. The number of nitrogens with one attached hydrogen (secondary N) is 1. The predicted octanol–water partition coefficient (Wildman–Crippen LogP) is 1.73. The number of nitrogens with zero attached hydrogens (tertiary/aromatic N) is 3. The van der Waals surface area contributed by atoms with Crippen molar-refractivity contribution < 1.29 is 9.90 Å². The van der Waals surface area contributed by atoms with E-state index in [1.807, 2.05) is 31.2 Å². The van der Waals surface area contributed by atoms with Crippen molar-refractivity contribution in [1.29, 1.82) is 0 Å². The van der Waals surface area contributed by atoms with Gasteiger partial charge in [-0.3, -0.25) is 4.79 Å².